The summed E-state index contributed by atoms with van der Waals surface area (Å²) in [6, 6.07) is 0.215. The third-order valence-electron chi connectivity index (χ3n) is 2.93. The van der Waals surface area contributed by atoms with Crippen LogP contribution in [-0.4, -0.2) is 38.8 Å². The Bertz CT molecular complexity index is 408. The molecule has 7 heteroatoms. The quantitative estimate of drug-likeness (QED) is 0.680. The molecule has 1 saturated carbocycles. The number of nitrogen functional groups attached to an aromatic ring is 1. The average Bonchev–Trinajstić information content (AvgIpc) is 2.31. The second kappa shape index (κ2) is 5.34. The molecule has 1 aromatic rings. The van der Waals surface area contributed by atoms with Gasteiger partial charge >= 0.3 is 6.01 Å². The van der Waals surface area contributed by atoms with Crippen molar-refractivity contribution in [3.8, 4) is 6.01 Å². The Morgan fingerprint density at radius 1 is 1.39 bits per heavy atom. The molecule has 0 radical (unpaired) electrons. The molecular weight excluding hydrogens is 234 g/mol. The van der Waals surface area contributed by atoms with Gasteiger partial charge in [-0.3, -0.25) is 0 Å². The molecule has 0 spiro atoms. The van der Waals surface area contributed by atoms with Gasteiger partial charge in [0.05, 0.1) is 12.2 Å². The first-order chi connectivity index (χ1) is 8.61. The van der Waals surface area contributed by atoms with Gasteiger partial charge in [-0.25, -0.2) is 0 Å². The SMILES string of the molecule is CCCOc1nc(N)nc(NCC2(O)CCC2)n1. The van der Waals surface area contributed by atoms with Crippen LogP contribution in [0.15, 0.2) is 0 Å². The van der Waals surface area contributed by atoms with Crippen molar-refractivity contribution in [2.45, 2.75) is 38.2 Å². The first-order valence-corrected chi connectivity index (χ1v) is 6.22. The van der Waals surface area contributed by atoms with E-state index in [9.17, 15) is 5.11 Å². The fraction of sp³-hybridized carbons (Fsp3) is 0.727. The van der Waals surface area contributed by atoms with Crippen molar-refractivity contribution in [2.75, 3.05) is 24.2 Å². The zero-order valence-corrected chi connectivity index (χ0v) is 10.5. The van der Waals surface area contributed by atoms with E-state index < -0.39 is 5.60 Å². The van der Waals surface area contributed by atoms with Crippen molar-refractivity contribution in [3.05, 3.63) is 0 Å². The third kappa shape index (κ3) is 3.19. The highest BCUT2D eigenvalue weighted by Gasteiger charge is 2.34. The Balaban J connectivity index is 1.96. The Kier molecular flexibility index (Phi) is 3.81. The highest BCUT2D eigenvalue weighted by Crippen LogP contribution is 2.31. The van der Waals surface area contributed by atoms with E-state index in [1.807, 2.05) is 6.92 Å². The number of nitrogens with one attached hydrogen (secondary N) is 1. The maximum Gasteiger partial charge on any atom is 0.323 e. The van der Waals surface area contributed by atoms with Gasteiger partial charge in [-0.05, 0) is 25.7 Å². The minimum absolute atomic E-state index is 0.110. The van der Waals surface area contributed by atoms with Crippen molar-refractivity contribution in [2.24, 2.45) is 0 Å². The predicted molar refractivity (Wildman–Crippen MR) is 67.3 cm³/mol. The molecule has 1 fully saturated rings. The smallest absolute Gasteiger partial charge is 0.323 e. The number of aromatic nitrogens is 3. The molecule has 100 valence electrons. The first-order valence-electron chi connectivity index (χ1n) is 6.22. The van der Waals surface area contributed by atoms with Crippen LogP contribution in [0.4, 0.5) is 11.9 Å². The van der Waals surface area contributed by atoms with Crippen molar-refractivity contribution in [1.82, 2.24) is 15.0 Å². The number of nitrogens with zero attached hydrogens (tertiary/aromatic N) is 3. The Morgan fingerprint density at radius 3 is 2.78 bits per heavy atom. The summed E-state index contributed by atoms with van der Waals surface area (Å²) in [6.07, 6.45) is 3.54. The van der Waals surface area contributed by atoms with Crippen LogP contribution in [0.1, 0.15) is 32.6 Å². The molecule has 0 bridgehead atoms. The molecule has 1 aliphatic carbocycles. The Labute approximate surface area is 106 Å². The van der Waals surface area contributed by atoms with Crippen molar-refractivity contribution < 1.29 is 9.84 Å². The number of anilines is 2. The average molecular weight is 253 g/mol. The van der Waals surface area contributed by atoms with E-state index in [1.165, 1.54) is 0 Å². The lowest BCUT2D eigenvalue weighted by Gasteiger charge is -2.36. The van der Waals surface area contributed by atoms with E-state index in [-0.39, 0.29) is 12.0 Å². The number of ether oxygens (including phenoxy) is 1. The van der Waals surface area contributed by atoms with E-state index in [2.05, 4.69) is 20.3 Å². The molecule has 4 N–H and O–H groups in total. The summed E-state index contributed by atoms with van der Waals surface area (Å²) < 4.78 is 5.30. The molecule has 2 rings (SSSR count). The van der Waals surface area contributed by atoms with Crippen molar-refractivity contribution >= 4 is 11.9 Å². The summed E-state index contributed by atoms with van der Waals surface area (Å²) in [5, 5.41) is 12.9. The van der Waals surface area contributed by atoms with Gasteiger partial charge in [0.15, 0.2) is 0 Å². The molecule has 1 aliphatic rings. The normalized spacial score (nSPS) is 17.0. The summed E-state index contributed by atoms with van der Waals surface area (Å²) in [6.45, 7) is 2.95. The minimum Gasteiger partial charge on any atom is -0.463 e. The van der Waals surface area contributed by atoms with Crippen molar-refractivity contribution in [1.29, 1.82) is 0 Å². The molecule has 7 nitrogen and oxygen atoms in total. The zero-order valence-electron chi connectivity index (χ0n) is 10.5. The van der Waals surface area contributed by atoms with Gasteiger partial charge in [-0.2, -0.15) is 15.0 Å². The molecule has 0 aromatic carbocycles. The summed E-state index contributed by atoms with van der Waals surface area (Å²) in [5.41, 5.74) is 4.94. The summed E-state index contributed by atoms with van der Waals surface area (Å²) in [7, 11) is 0. The van der Waals surface area contributed by atoms with Gasteiger partial charge in [0, 0.05) is 6.54 Å². The molecule has 1 heterocycles. The number of hydrogen-bond donors (Lipinski definition) is 3. The summed E-state index contributed by atoms with van der Waals surface area (Å²) in [4.78, 5) is 11.9. The van der Waals surface area contributed by atoms with Crippen LogP contribution >= 0.6 is 0 Å². The van der Waals surface area contributed by atoms with Gasteiger partial charge in [0.1, 0.15) is 0 Å². The lowest BCUT2D eigenvalue weighted by molar-refractivity contribution is -0.0203. The maximum atomic E-state index is 9.96. The van der Waals surface area contributed by atoms with Crippen molar-refractivity contribution in [3.63, 3.8) is 0 Å². The van der Waals surface area contributed by atoms with Gasteiger partial charge in [-0.1, -0.05) is 6.92 Å². The summed E-state index contributed by atoms with van der Waals surface area (Å²) >= 11 is 0. The van der Waals surface area contributed by atoms with Crippen LogP contribution in [0.5, 0.6) is 6.01 Å². The Hall–Kier alpha value is -1.63. The van der Waals surface area contributed by atoms with E-state index in [0.29, 0.717) is 19.1 Å². The van der Waals surface area contributed by atoms with Gasteiger partial charge < -0.3 is 20.9 Å². The van der Waals surface area contributed by atoms with Crippen LogP contribution in [0.2, 0.25) is 0 Å². The zero-order chi connectivity index (χ0) is 13.0. The van der Waals surface area contributed by atoms with E-state index in [1.54, 1.807) is 0 Å². The van der Waals surface area contributed by atoms with E-state index in [0.717, 1.165) is 25.7 Å². The highest BCUT2D eigenvalue weighted by molar-refractivity contribution is 5.33. The largest absolute Gasteiger partial charge is 0.463 e. The minimum atomic E-state index is -0.633. The van der Waals surface area contributed by atoms with E-state index >= 15 is 0 Å². The lowest BCUT2D eigenvalue weighted by atomic mass is 9.80. The number of hydrogen-bond acceptors (Lipinski definition) is 7. The topological polar surface area (TPSA) is 106 Å². The number of rotatable bonds is 6. The molecule has 0 atom stereocenters. The number of aliphatic hydroxyl groups is 1. The lowest BCUT2D eigenvalue weighted by Crippen LogP contribution is -2.43. The monoisotopic (exact) mass is 253 g/mol. The van der Waals surface area contributed by atoms with Gasteiger partial charge in [-0.15, -0.1) is 0 Å². The summed E-state index contributed by atoms with van der Waals surface area (Å²) in [5.74, 6) is 0.452. The molecule has 0 saturated heterocycles. The third-order valence-corrected chi connectivity index (χ3v) is 2.93. The van der Waals surface area contributed by atoms with Crippen LogP contribution in [0, 0.1) is 0 Å². The van der Waals surface area contributed by atoms with Crippen LogP contribution in [0.3, 0.4) is 0 Å². The highest BCUT2D eigenvalue weighted by atomic mass is 16.5. The maximum absolute atomic E-state index is 9.96. The molecular formula is C11H19N5O2. The van der Waals surface area contributed by atoms with Gasteiger partial charge in [0.25, 0.3) is 0 Å². The molecule has 1 aromatic heterocycles. The molecule has 18 heavy (non-hydrogen) atoms. The second-order valence-corrected chi connectivity index (χ2v) is 4.58. The second-order valence-electron chi connectivity index (χ2n) is 4.58. The predicted octanol–water partition coefficient (Wildman–Crippen LogP) is 0.569. The first kappa shape index (κ1) is 12.8. The fourth-order valence-corrected chi connectivity index (χ4v) is 1.71. The fourth-order valence-electron chi connectivity index (χ4n) is 1.71. The molecule has 0 aliphatic heterocycles. The van der Waals surface area contributed by atoms with Crippen LogP contribution < -0.4 is 15.8 Å². The van der Waals surface area contributed by atoms with E-state index in [4.69, 9.17) is 10.5 Å². The molecule has 0 unspecified atom stereocenters. The van der Waals surface area contributed by atoms with Crippen LogP contribution in [0.25, 0.3) is 0 Å². The molecule has 0 amide bonds. The number of nitrogens with two attached hydrogens (primary N) is 1. The van der Waals surface area contributed by atoms with Crippen LogP contribution in [-0.2, 0) is 0 Å². The Morgan fingerprint density at radius 2 is 2.17 bits per heavy atom. The standard InChI is InChI=1S/C11H19N5O2/c1-2-6-18-10-15-8(12)14-9(16-10)13-7-11(17)4-3-5-11/h17H,2-7H2,1H3,(H3,12,13,14,15,16). The van der Waals surface area contributed by atoms with Gasteiger partial charge in [0.2, 0.25) is 11.9 Å².